The van der Waals surface area contributed by atoms with E-state index >= 15 is 0 Å². The summed E-state index contributed by atoms with van der Waals surface area (Å²) in [5.74, 6) is -3.78. The zero-order valence-corrected chi connectivity index (χ0v) is 12.9. The Morgan fingerprint density at radius 3 is 2.48 bits per heavy atom. The fourth-order valence-corrected chi connectivity index (χ4v) is 2.92. The lowest BCUT2D eigenvalue weighted by molar-refractivity contribution is -0.121. The van der Waals surface area contributed by atoms with Gasteiger partial charge in [-0.25, -0.2) is 13.7 Å². The number of benzene rings is 2. The van der Waals surface area contributed by atoms with Crippen LogP contribution in [0.4, 0.5) is 20.2 Å². The normalized spacial score (nSPS) is 16.0. The van der Waals surface area contributed by atoms with E-state index in [0.717, 1.165) is 12.1 Å². The predicted octanol–water partition coefficient (Wildman–Crippen LogP) is 2.12. The lowest BCUT2D eigenvalue weighted by atomic mass is 10.1. The Morgan fingerprint density at radius 2 is 1.76 bits per heavy atom. The summed E-state index contributed by atoms with van der Waals surface area (Å²) < 4.78 is 33.6. The number of ether oxygens (including phenoxy) is 1. The van der Waals surface area contributed by atoms with E-state index < -0.39 is 29.0 Å². The van der Waals surface area contributed by atoms with Crippen molar-refractivity contribution in [3.8, 4) is 5.75 Å². The van der Waals surface area contributed by atoms with Crippen molar-refractivity contribution in [2.24, 2.45) is 0 Å². The number of amides is 3. The fraction of sp³-hybridized carbons (Fsp3) is 0.118. The second kappa shape index (κ2) is 5.10. The number of fused-ring (bicyclic) bond motifs is 2. The average molecular weight is 344 g/mol. The molecule has 0 aliphatic carbocycles. The Labute approximate surface area is 140 Å². The maximum Gasteiger partial charge on any atom is 0.269 e. The molecule has 2 aliphatic rings. The van der Waals surface area contributed by atoms with Gasteiger partial charge < -0.3 is 9.64 Å². The summed E-state index contributed by atoms with van der Waals surface area (Å²) in [5, 5.41) is 0. The minimum atomic E-state index is -0.956. The third kappa shape index (κ3) is 2.03. The van der Waals surface area contributed by atoms with Crippen molar-refractivity contribution in [2.75, 3.05) is 23.5 Å². The molecule has 0 atom stereocenters. The van der Waals surface area contributed by atoms with Crippen molar-refractivity contribution in [3.05, 3.63) is 53.1 Å². The molecule has 0 unspecified atom stereocenters. The molecule has 0 spiro atoms. The number of anilines is 2. The van der Waals surface area contributed by atoms with Gasteiger partial charge in [-0.1, -0.05) is 6.07 Å². The number of nitrogens with zero attached hydrogens (tertiary/aromatic N) is 2. The van der Waals surface area contributed by atoms with Gasteiger partial charge in [0.1, 0.15) is 11.6 Å². The first-order valence-corrected chi connectivity index (χ1v) is 7.30. The summed E-state index contributed by atoms with van der Waals surface area (Å²) in [5.41, 5.74) is -0.688. The lowest BCUT2D eigenvalue weighted by Gasteiger charge is -2.27. The van der Waals surface area contributed by atoms with E-state index in [-0.39, 0.29) is 35.2 Å². The van der Waals surface area contributed by atoms with E-state index in [4.69, 9.17) is 4.74 Å². The molecular formula is C17H10F2N2O4. The highest BCUT2D eigenvalue weighted by atomic mass is 19.1. The number of carbonyl (C=O) groups excluding carboxylic acids is 3. The summed E-state index contributed by atoms with van der Waals surface area (Å²) in [6.07, 6.45) is 0. The van der Waals surface area contributed by atoms with Gasteiger partial charge in [-0.15, -0.1) is 0 Å². The van der Waals surface area contributed by atoms with Crippen LogP contribution in [-0.4, -0.2) is 31.4 Å². The lowest BCUT2D eigenvalue weighted by Crippen LogP contribution is -2.36. The molecule has 0 saturated carbocycles. The molecule has 6 nitrogen and oxygen atoms in total. The molecule has 8 heteroatoms. The second-order valence-corrected chi connectivity index (χ2v) is 5.62. The predicted molar refractivity (Wildman–Crippen MR) is 82.8 cm³/mol. The number of imide groups is 1. The van der Waals surface area contributed by atoms with Crippen LogP contribution in [0.3, 0.4) is 0 Å². The molecule has 0 aromatic heterocycles. The van der Waals surface area contributed by atoms with Gasteiger partial charge in [0.2, 0.25) is 0 Å². The number of likely N-dealkylation sites (N-methyl/N-ethyl adjacent to an activating group) is 1. The summed E-state index contributed by atoms with van der Waals surface area (Å²) in [6.45, 7) is -0.236. The first-order chi connectivity index (χ1) is 11.9. The van der Waals surface area contributed by atoms with Crippen LogP contribution in [0.5, 0.6) is 5.75 Å². The molecule has 0 saturated heterocycles. The zero-order chi connectivity index (χ0) is 17.9. The highest BCUT2D eigenvalue weighted by molar-refractivity contribution is 6.34. The summed E-state index contributed by atoms with van der Waals surface area (Å²) in [4.78, 5) is 38.5. The van der Waals surface area contributed by atoms with Crippen molar-refractivity contribution >= 4 is 29.1 Å². The van der Waals surface area contributed by atoms with Gasteiger partial charge in [0.15, 0.2) is 12.4 Å². The van der Waals surface area contributed by atoms with E-state index in [1.165, 1.54) is 30.1 Å². The van der Waals surface area contributed by atoms with Gasteiger partial charge in [-0.2, -0.15) is 0 Å². The number of halogens is 2. The minimum absolute atomic E-state index is 0.117. The largest absolute Gasteiger partial charge is 0.481 e. The van der Waals surface area contributed by atoms with E-state index in [1.807, 2.05) is 0 Å². The van der Waals surface area contributed by atoms with E-state index in [9.17, 15) is 23.2 Å². The zero-order valence-electron chi connectivity index (χ0n) is 12.9. The molecule has 126 valence electrons. The molecule has 0 bridgehead atoms. The molecule has 2 aliphatic heterocycles. The van der Waals surface area contributed by atoms with Gasteiger partial charge in [0, 0.05) is 13.1 Å². The molecule has 0 N–H and O–H groups in total. The van der Waals surface area contributed by atoms with Crippen molar-refractivity contribution in [2.45, 2.75) is 0 Å². The Morgan fingerprint density at radius 1 is 1.00 bits per heavy atom. The van der Waals surface area contributed by atoms with Crippen LogP contribution in [0.25, 0.3) is 0 Å². The van der Waals surface area contributed by atoms with Crippen molar-refractivity contribution in [3.63, 3.8) is 0 Å². The summed E-state index contributed by atoms with van der Waals surface area (Å²) in [7, 11) is 1.47. The number of rotatable bonds is 1. The first-order valence-electron chi connectivity index (χ1n) is 7.30. The molecule has 0 fully saturated rings. The van der Waals surface area contributed by atoms with Crippen LogP contribution >= 0.6 is 0 Å². The molecule has 3 amide bonds. The molecule has 2 aromatic rings. The summed E-state index contributed by atoms with van der Waals surface area (Å²) in [6, 6.07) is 5.81. The Kier molecular flexibility index (Phi) is 3.11. The van der Waals surface area contributed by atoms with Crippen LogP contribution in [-0.2, 0) is 4.79 Å². The van der Waals surface area contributed by atoms with Crippen molar-refractivity contribution < 1.29 is 27.9 Å². The Hall–Kier alpha value is -3.29. The SMILES string of the molecule is CN1C(=O)COc2cc(F)c(N3C(=O)c4cccc(F)c4C3=O)cc21. The Balaban J connectivity index is 1.87. The second-order valence-electron chi connectivity index (χ2n) is 5.62. The molecule has 25 heavy (non-hydrogen) atoms. The van der Waals surface area contributed by atoms with Gasteiger partial charge in [-0.3, -0.25) is 14.4 Å². The summed E-state index contributed by atoms with van der Waals surface area (Å²) >= 11 is 0. The average Bonchev–Trinajstić information content (AvgIpc) is 2.83. The van der Waals surface area contributed by atoms with Crippen LogP contribution in [0.15, 0.2) is 30.3 Å². The van der Waals surface area contributed by atoms with E-state index in [2.05, 4.69) is 0 Å². The van der Waals surface area contributed by atoms with Crippen molar-refractivity contribution in [1.82, 2.24) is 0 Å². The van der Waals surface area contributed by atoms with Crippen LogP contribution < -0.4 is 14.5 Å². The van der Waals surface area contributed by atoms with Crippen LogP contribution in [0.1, 0.15) is 20.7 Å². The maximum absolute atomic E-state index is 14.5. The maximum atomic E-state index is 14.5. The quantitative estimate of drug-likeness (QED) is 0.743. The minimum Gasteiger partial charge on any atom is -0.481 e. The monoisotopic (exact) mass is 344 g/mol. The standard InChI is InChI=1S/C17H10F2N2O4/c1-20-12-6-11(10(19)5-13(12)25-7-14(20)22)21-16(23)8-3-2-4-9(18)15(8)17(21)24/h2-6H,7H2,1H3. The van der Waals surface area contributed by atoms with Gasteiger partial charge in [-0.05, 0) is 18.2 Å². The highest BCUT2D eigenvalue weighted by Gasteiger charge is 2.41. The van der Waals surface area contributed by atoms with Gasteiger partial charge in [0.05, 0.1) is 22.5 Å². The highest BCUT2D eigenvalue weighted by Crippen LogP contribution is 2.39. The number of hydrogen-bond acceptors (Lipinski definition) is 4. The smallest absolute Gasteiger partial charge is 0.269 e. The molecule has 2 aromatic carbocycles. The number of carbonyl (C=O) groups is 3. The molecular weight excluding hydrogens is 334 g/mol. The Bertz CT molecular complexity index is 973. The third-order valence-corrected chi connectivity index (χ3v) is 4.22. The van der Waals surface area contributed by atoms with E-state index in [0.29, 0.717) is 4.90 Å². The third-order valence-electron chi connectivity index (χ3n) is 4.22. The topological polar surface area (TPSA) is 66.9 Å². The fourth-order valence-electron chi connectivity index (χ4n) is 2.92. The van der Waals surface area contributed by atoms with E-state index in [1.54, 1.807) is 0 Å². The van der Waals surface area contributed by atoms with Crippen LogP contribution in [0, 0.1) is 11.6 Å². The van der Waals surface area contributed by atoms with Crippen molar-refractivity contribution in [1.29, 1.82) is 0 Å². The number of hydrogen-bond donors (Lipinski definition) is 0. The molecule has 4 rings (SSSR count). The molecule has 2 heterocycles. The van der Waals surface area contributed by atoms with Gasteiger partial charge in [0.25, 0.3) is 17.7 Å². The van der Waals surface area contributed by atoms with Crippen LogP contribution in [0.2, 0.25) is 0 Å². The van der Waals surface area contributed by atoms with Gasteiger partial charge >= 0.3 is 0 Å². The first kappa shape index (κ1) is 15.3. The molecule has 0 radical (unpaired) electrons.